The summed E-state index contributed by atoms with van der Waals surface area (Å²) in [6.45, 7) is 2.82. The van der Waals surface area contributed by atoms with Crippen molar-refractivity contribution in [3.63, 3.8) is 0 Å². The summed E-state index contributed by atoms with van der Waals surface area (Å²) in [5.41, 5.74) is 3.28. The Kier molecular flexibility index (Phi) is 8.81. The van der Waals surface area contributed by atoms with E-state index in [1.165, 1.54) is 12.1 Å². The van der Waals surface area contributed by atoms with Gasteiger partial charge in [0.05, 0.1) is 9.92 Å². The van der Waals surface area contributed by atoms with Gasteiger partial charge in [0.1, 0.15) is 24.0 Å². The SMILES string of the molecule is CN1CCCN(S(=O)(=O)c2ccc(-c3ccc4ccnc(Nc5ccc(OCc6cccc(F)c6)c(Cl)c5)c4c3)cc2)CC1. The molecule has 4 aromatic carbocycles. The fourth-order valence-corrected chi connectivity index (χ4v) is 7.00. The number of benzene rings is 4. The Morgan fingerprint density at radius 1 is 0.909 bits per heavy atom. The summed E-state index contributed by atoms with van der Waals surface area (Å²) in [4.78, 5) is 7.04. The molecular weight excluding hydrogens is 599 g/mol. The number of ether oxygens (including phenoxy) is 1. The second-order valence-corrected chi connectivity index (χ2v) is 13.2. The minimum atomic E-state index is -3.56. The summed E-state index contributed by atoms with van der Waals surface area (Å²) in [5, 5.41) is 5.67. The summed E-state index contributed by atoms with van der Waals surface area (Å²) in [7, 11) is -1.54. The summed E-state index contributed by atoms with van der Waals surface area (Å²) >= 11 is 6.52. The molecule has 1 aliphatic rings. The second kappa shape index (κ2) is 12.9. The van der Waals surface area contributed by atoms with E-state index in [4.69, 9.17) is 16.3 Å². The van der Waals surface area contributed by atoms with Gasteiger partial charge in [0.25, 0.3) is 0 Å². The lowest BCUT2D eigenvalue weighted by Crippen LogP contribution is -2.34. The first-order valence-corrected chi connectivity index (χ1v) is 16.2. The maximum atomic E-state index is 13.5. The number of anilines is 2. The number of pyridine rings is 1. The number of fused-ring (bicyclic) bond motifs is 1. The zero-order valence-corrected chi connectivity index (χ0v) is 25.8. The molecule has 0 saturated carbocycles. The van der Waals surface area contributed by atoms with Crippen LogP contribution < -0.4 is 10.1 Å². The molecule has 10 heteroatoms. The predicted octanol–water partition coefficient (Wildman–Crippen LogP) is 7.34. The zero-order valence-electron chi connectivity index (χ0n) is 24.2. The molecule has 0 unspecified atom stereocenters. The Labute approximate surface area is 261 Å². The first kappa shape index (κ1) is 30.0. The van der Waals surface area contributed by atoms with E-state index >= 15 is 0 Å². The van der Waals surface area contributed by atoms with Crippen LogP contribution in [0.5, 0.6) is 5.75 Å². The summed E-state index contributed by atoms with van der Waals surface area (Å²) in [5.74, 6) is 0.825. The molecule has 7 nitrogen and oxygen atoms in total. The normalized spacial score (nSPS) is 14.8. The topological polar surface area (TPSA) is 74.8 Å². The van der Waals surface area contributed by atoms with Gasteiger partial charge in [0.15, 0.2) is 0 Å². The van der Waals surface area contributed by atoms with Crippen molar-refractivity contribution in [1.29, 1.82) is 0 Å². The molecule has 44 heavy (non-hydrogen) atoms. The number of aromatic nitrogens is 1. The largest absolute Gasteiger partial charge is 0.487 e. The molecule has 0 amide bonds. The number of nitrogens with zero attached hydrogens (tertiary/aromatic N) is 3. The van der Waals surface area contributed by atoms with Crippen molar-refractivity contribution in [3.05, 3.63) is 114 Å². The van der Waals surface area contributed by atoms with Crippen LogP contribution in [-0.4, -0.2) is 55.8 Å². The second-order valence-electron chi connectivity index (χ2n) is 10.9. The van der Waals surface area contributed by atoms with Gasteiger partial charge < -0.3 is 15.0 Å². The Bertz CT molecular complexity index is 1900. The predicted molar refractivity (Wildman–Crippen MR) is 174 cm³/mol. The van der Waals surface area contributed by atoms with Gasteiger partial charge in [-0.2, -0.15) is 4.31 Å². The maximum Gasteiger partial charge on any atom is 0.243 e. The first-order chi connectivity index (χ1) is 21.3. The van der Waals surface area contributed by atoms with Crippen LogP contribution in [0.15, 0.2) is 102 Å². The van der Waals surface area contributed by atoms with E-state index in [2.05, 4.69) is 15.2 Å². The van der Waals surface area contributed by atoms with Gasteiger partial charge in [-0.25, -0.2) is 17.8 Å². The highest BCUT2D eigenvalue weighted by molar-refractivity contribution is 7.89. The molecule has 2 heterocycles. The molecule has 226 valence electrons. The number of rotatable bonds is 8. The average molecular weight is 631 g/mol. The van der Waals surface area contributed by atoms with E-state index in [-0.39, 0.29) is 12.4 Å². The number of likely N-dealkylation sites (N-methyl/N-ethyl adjacent to an activating group) is 1. The molecule has 1 fully saturated rings. The number of hydrogen-bond donors (Lipinski definition) is 1. The summed E-state index contributed by atoms with van der Waals surface area (Å²) < 4.78 is 47.5. The molecule has 0 spiro atoms. The fourth-order valence-electron chi connectivity index (χ4n) is 5.30. The van der Waals surface area contributed by atoms with Gasteiger partial charge >= 0.3 is 0 Å². The number of sulfonamides is 1. The molecular formula is C34H32ClFN4O3S. The molecule has 0 atom stereocenters. The first-order valence-electron chi connectivity index (χ1n) is 14.4. The van der Waals surface area contributed by atoms with E-state index in [1.807, 2.05) is 49.5 Å². The highest BCUT2D eigenvalue weighted by Gasteiger charge is 2.26. The number of halogens is 2. The van der Waals surface area contributed by atoms with Crippen LogP contribution in [0.25, 0.3) is 21.9 Å². The number of nitrogens with one attached hydrogen (secondary N) is 1. The van der Waals surface area contributed by atoms with Gasteiger partial charge in [-0.1, -0.05) is 48.0 Å². The van der Waals surface area contributed by atoms with Crippen LogP contribution in [0, 0.1) is 5.82 Å². The Morgan fingerprint density at radius 3 is 2.52 bits per heavy atom. The van der Waals surface area contributed by atoms with E-state index in [0.717, 1.165) is 47.1 Å². The lowest BCUT2D eigenvalue weighted by atomic mass is 10.0. The molecule has 0 aliphatic carbocycles. The van der Waals surface area contributed by atoms with Crippen molar-refractivity contribution in [3.8, 4) is 16.9 Å². The lowest BCUT2D eigenvalue weighted by molar-refractivity contribution is 0.306. The van der Waals surface area contributed by atoms with Crippen LogP contribution in [0.4, 0.5) is 15.9 Å². The van der Waals surface area contributed by atoms with Crippen LogP contribution in [0.3, 0.4) is 0 Å². The Morgan fingerprint density at radius 2 is 1.73 bits per heavy atom. The minimum Gasteiger partial charge on any atom is -0.487 e. The number of hydrogen-bond acceptors (Lipinski definition) is 6. The van der Waals surface area contributed by atoms with Crippen LogP contribution in [0.2, 0.25) is 5.02 Å². The Balaban J connectivity index is 1.20. The van der Waals surface area contributed by atoms with Gasteiger partial charge in [-0.3, -0.25) is 0 Å². The fraction of sp³-hybridized carbons (Fsp3) is 0.206. The lowest BCUT2D eigenvalue weighted by Gasteiger charge is -2.20. The van der Waals surface area contributed by atoms with E-state index < -0.39 is 10.0 Å². The van der Waals surface area contributed by atoms with Crippen molar-refractivity contribution in [1.82, 2.24) is 14.2 Å². The molecule has 5 aromatic rings. The molecule has 0 radical (unpaired) electrons. The molecule has 1 saturated heterocycles. The third kappa shape index (κ3) is 6.71. The third-order valence-electron chi connectivity index (χ3n) is 7.75. The Hall–Kier alpha value is -4.02. The smallest absolute Gasteiger partial charge is 0.243 e. The van der Waals surface area contributed by atoms with Crippen LogP contribution in [-0.2, 0) is 16.6 Å². The average Bonchev–Trinajstić information content (AvgIpc) is 3.25. The summed E-state index contributed by atoms with van der Waals surface area (Å²) in [6.07, 6.45) is 2.55. The molecule has 1 N–H and O–H groups in total. The summed E-state index contributed by atoms with van der Waals surface area (Å²) in [6, 6.07) is 26.7. The van der Waals surface area contributed by atoms with Crippen molar-refractivity contribution in [2.75, 3.05) is 38.5 Å². The molecule has 1 aliphatic heterocycles. The molecule has 0 bridgehead atoms. The molecule has 1 aromatic heterocycles. The highest BCUT2D eigenvalue weighted by Crippen LogP contribution is 2.33. The quantitative estimate of drug-likeness (QED) is 0.193. The molecule has 6 rings (SSSR count). The van der Waals surface area contributed by atoms with Gasteiger partial charge in [-0.15, -0.1) is 0 Å². The minimum absolute atomic E-state index is 0.195. The van der Waals surface area contributed by atoms with Crippen molar-refractivity contribution in [2.45, 2.75) is 17.9 Å². The van der Waals surface area contributed by atoms with Crippen molar-refractivity contribution >= 4 is 43.9 Å². The monoisotopic (exact) mass is 630 g/mol. The van der Waals surface area contributed by atoms with Gasteiger partial charge in [0, 0.05) is 36.9 Å². The van der Waals surface area contributed by atoms with Crippen LogP contribution >= 0.6 is 11.6 Å². The van der Waals surface area contributed by atoms with E-state index in [9.17, 15) is 12.8 Å². The zero-order chi connectivity index (χ0) is 30.7. The van der Waals surface area contributed by atoms with Crippen LogP contribution in [0.1, 0.15) is 12.0 Å². The van der Waals surface area contributed by atoms with Crippen molar-refractivity contribution < 1.29 is 17.5 Å². The van der Waals surface area contributed by atoms with E-state index in [0.29, 0.717) is 40.1 Å². The van der Waals surface area contributed by atoms with Gasteiger partial charge in [-0.05, 0) is 96.7 Å². The highest BCUT2D eigenvalue weighted by atomic mass is 35.5. The van der Waals surface area contributed by atoms with Crippen molar-refractivity contribution in [2.24, 2.45) is 0 Å². The standard InChI is InChI=1S/C34H32ClFN4O3S/c1-39-16-3-17-40(19-18-39)44(41,42)30-11-8-25(9-12-30)27-7-6-26-14-15-37-34(31(26)21-27)38-29-10-13-33(32(35)22-29)43-23-24-4-2-5-28(36)20-24/h2,4-15,20-22H,3,16-19,23H2,1H3,(H,37,38). The van der Waals surface area contributed by atoms with E-state index in [1.54, 1.807) is 46.9 Å². The maximum absolute atomic E-state index is 13.5. The van der Waals surface area contributed by atoms with Gasteiger partial charge in [0.2, 0.25) is 10.0 Å². The third-order valence-corrected chi connectivity index (χ3v) is 9.96.